The Hall–Kier alpha value is -2.42. The molecular weight excluding hydrogens is 270 g/mol. The molecule has 110 valence electrons. The molecule has 2 aromatic carbocycles. The number of benzene rings is 2. The predicted octanol–water partition coefficient (Wildman–Crippen LogP) is 4.70. The monoisotopic (exact) mass is 289 g/mol. The summed E-state index contributed by atoms with van der Waals surface area (Å²) in [6, 6.07) is 14.7. The van der Waals surface area contributed by atoms with Gasteiger partial charge in [-0.3, -0.25) is 0 Å². The summed E-state index contributed by atoms with van der Waals surface area (Å²) in [4.78, 5) is 9.79. The Labute approximate surface area is 129 Å². The Morgan fingerprint density at radius 1 is 1.00 bits per heavy atom. The first-order valence-corrected chi connectivity index (χ1v) is 7.79. The summed E-state index contributed by atoms with van der Waals surface area (Å²) in [5, 5.41) is 1.20. The molecule has 4 aromatic rings. The zero-order valence-electron chi connectivity index (χ0n) is 13.2. The molecule has 0 bridgehead atoms. The summed E-state index contributed by atoms with van der Waals surface area (Å²) in [6.07, 6.45) is 0. The minimum Gasteiger partial charge on any atom is -0.324 e. The van der Waals surface area contributed by atoms with Crippen LogP contribution in [0.5, 0.6) is 0 Å². The standard InChI is InChI=1S/C19H19N3/c1-12(2)11-22-17-9-8-13(3)10-14(17)18-19(22)21-16-7-5-4-6-15(16)20-18/h4-10,12H,11H2,1-3H3. The number of aromatic nitrogens is 3. The highest BCUT2D eigenvalue weighted by Gasteiger charge is 2.15. The van der Waals surface area contributed by atoms with Crippen LogP contribution < -0.4 is 0 Å². The van der Waals surface area contributed by atoms with Gasteiger partial charge in [-0.1, -0.05) is 37.6 Å². The van der Waals surface area contributed by atoms with Crippen molar-refractivity contribution in [1.82, 2.24) is 14.5 Å². The Balaban J connectivity index is 2.18. The van der Waals surface area contributed by atoms with E-state index in [-0.39, 0.29) is 0 Å². The minimum absolute atomic E-state index is 0.563. The van der Waals surface area contributed by atoms with E-state index in [1.165, 1.54) is 16.5 Å². The van der Waals surface area contributed by atoms with Crippen LogP contribution in [-0.4, -0.2) is 14.5 Å². The largest absolute Gasteiger partial charge is 0.324 e. The van der Waals surface area contributed by atoms with E-state index in [1.807, 2.05) is 24.3 Å². The van der Waals surface area contributed by atoms with Gasteiger partial charge < -0.3 is 4.57 Å². The van der Waals surface area contributed by atoms with Gasteiger partial charge in [0.25, 0.3) is 0 Å². The molecular formula is C19H19N3. The van der Waals surface area contributed by atoms with Gasteiger partial charge in [-0.15, -0.1) is 0 Å². The highest BCUT2D eigenvalue weighted by Crippen LogP contribution is 2.29. The molecule has 0 atom stereocenters. The van der Waals surface area contributed by atoms with Gasteiger partial charge >= 0.3 is 0 Å². The van der Waals surface area contributed by atoms with Crippen molar-refractivity contribution in [3.63, 3.8) is 0 Å². The van der Waals surface area contributed by atoms with Crippen LogP contribution in [-0.2, 0) is 6.54 Å². The van der Waals surface area contributed by atoms with E-state index < -0.39 is 0 Å². The number of hydrogen-bond donors (Lipinski definition) is 0. The second-order valence-electron chi connectivity index (χ2n) is 6.41. The fourth-order valence-electron chi connectivity index (χ4n) is 3.10. The lowest BCUT2D eigenvalue weighted by Crippen LogP contribution is -2.05. The van der Waals surface area contributed by atoms with Gasteiger partial charge in [0.15, 0.2) is 5.65 Å². The summed E-state index contributed by atoms with van der Waals surface area (Å²) in [7, 11) is 0. The zero-order chi connectivity index (χ0) is 15.3. The van der Waals surface area contributed by atoms with Gasteiger partial charge in [-0.25, -0.2) is 9.97 Å². The molecule has 0 unspecified atom stereocenters. The van der Waals surface area contributed by atoms with Gasteiger partial charge in [0.1, 0.15) is 5.52 Å². The topological polar surface area (TPSA) is 30.7 Å². The fourth-order valence-corrected chi connectivity index (χ4v) is 3.10. The van der Waals surface area contributed by atoms with E-state index in [2.05, 4.69) is 43.5 Å². The Kier molecular flexibility index (Phi) is 2.89. The van der Waals surface area contributed by atoms with Crippen LogP contribution in [0.1, 0.15) is 19.4 Å². The number of rotatable bonds is 2. The molecule has 0 N–H and O–H groups in total. The third-order valence-corrected chi connectivity index (χ3v) is 4.05. The van der Waals surface area contributed by atoms with E-state index in [1.54, 1.807) is 0 Å². The van der Waals surface area contributed by atoms with Crippen molar-refractivity contribution in [3.8, 4) is 0 Å². The number of aryl methyl sites for hydroxylation is 1. The number of hydrogen-bond acceptors (Lipinski definition) is 2. The maximum absolute atomic E-state index is 4.90. The van der Waals surface area contributed by atoms with Crippen molar-refractivity contribution in [2.24, 2.45) is 5.92 Å². The molecule has 0 fully saturated rings. The summed E-state index contributed by atoms with van der Waals surface area (Å²) in [5.74, 6) is 0.563. The highest BCUT2D eigenvalue weighted by molar-refractivity contribution is 6.06. The average Bonchev–Trinajstić information content (AvgIpc) is 2.78. The quantitative estimate of drug-likeness (QED) is 0.535. The number of nitrogens with zero attached hydrogens (tertiary/aromatic N) is 3. The van der Waals surface area contributed by atoms with E-state index in [4.69, 9.17) is 9.97 Å². The highest BCUT2D eigenvalue weighted by atomic mass is 15.1. The average molecular weight is 289 g/mol. The lowest BCUT2D eigenvalue weighted by atomic mass is 10.1. The lowest BCUT2D eigenvalue weighted by molar-refractivity contribution is 0.543. The second kappa shape index (κ2) is 4.80. The Morgan fingerprint density at radius 3 is 2.45 bits per heavy atom. The van der Waals surface area contributed by atoms with Gasteiger partial charge in [0, 0.05) is 11.9 Å². The normalized spacial score (nSPS) is 12.0. The third-order valence-electron chi connectivity index (χ3n) is 4.05. The van der Waals surface area contributed by atoms with Gasteiger partial charge in [-0.2, -0.15) is 0 Å². The summed E-state index contributed by atoms with van der Waals surface area (Å²) < 4.78 is 2.31. The van der Waals surface area contributed by atoms with Gasteiger partial charge in [-0.05, 0) is 37.1 Å². The molecule has 0 aliphatic rings. The minimum atomic E-state index is 0.563. The zero-order valence-corrected chi connectivity index (χ0v) is 13.2. The second-order valence-corrected chi connectivity index (χ2v) is 6.41. The van der Waals surface area contributed by atoms with Crippen LogP contribution in [0.25, 0.3) is 33.1 Å². The Bertz CT molecular complexity index is 996. The summed E-state index contributed by atoms with van der Waals surface area (Å²) >= 11 is 0. The molecule has 0 aliphatic heterocycles. The van der Waals surface area contributed by atoms with Gasteiger partial charge in [0.05, 0.1) is 16.6 Å². The van der Waals surface area contributed by atoms with Crippen LogP contribution in [0, 0.1) is 12.8 Å². The van der Waals surface area contributed by atoms with Crippen molar-refractivity contribution in [3.05, 3.63) is 48.0 Å². The molecule has 0 saturated carbocycles. The molecule has 2 heterocycles. The van der Waals surface area contributed by atoms with Crippen LogP contribution in [0.15, 0.2) is 42.5 Å². The molecule has 3 heteroatoms. The maximum atomic E-state index is 4.90. The molecule has 3 nitrogen and oxygen atoms in total. The first kappa shape index (κ1) is 13.3. The van der Waals surface area contributed by atoms with Gasteiger partial charge in [0.2, 0.25) is 0 Å². The summed E-state index contributed by atoms with van der Waals surface area (Å²) in [6.45, 7) is 7.55. The van der Waals surface area contributed by atoms with Crippen LogP contribution in [0.3, 0.4) is 0 Å². The molecule has 0 aliphatic carbocycles. The van der Waals surface area contributed by atoms with Crippen LogP contribution in [0.4, 0.5) is 0 Å². The molecule has 0 spiro atoms. The van der Waals surface area contributed by atoms with Crippen molar-refractivity contribution < 1.29 is 0 Å². The fraction of sp³-hybridized carbons (Fsp3) is 0.263. The van der Waals surface area contributed by atoms with E-state index in [0.29, 0.717) is 5.92 Å². The van der Waals surface area contributed by atoms with Crippen molar-refractivity contribution in [1.29, 1.82) is 0 Å². The smallest absolute Gasteiger partial charge is 0.160 e. The first-order valence-electron chi connectivity index (χ1n) is 7.79. The van der Waals surface area contributed by atoms with Crippen molar-refractivity contribution >= 4 is 33.1 Å². The summed E-state index contributed by atoms with van der Waals surface area (Å²) in [5.41, 5.74) is 6.40. The first-order chi connectivity index (χ1) is 10.6. The van der Waals surface area contributed by atoms with Crippen LogP contribution in [0.2, 0.25) is 0 Å². The van der Waals surface area contributed by atoms with E-state index in [9.17, 15) is 0 Å². The predicted molar refractivity (Wildman–Crippen MR) is 92.1 cm³/mol. The number of para-hydroxylation sites is 2. The number of fused-ring (bicyclic) bond motifs is 4. The molecule has 0 saturated heterocycles. The SMILES string of the molecule is Cc1ccc2c(c1)c1nc3ccccc3nc1n2CC(C)C. The molecule has 0 amide bonds. The Morgan fingerprint density at radius 2 is 1.73 bits per heavy atom. The molecule has 0 radical (unpaired) electrons. The van der Waals surface area contributed by atoms with Crippen molar-refractivity contribution in [2.45, 2.75) is 27.3 Å². The lowest BCUT2D eigenvalue weighted by Gasteiger charge is -2.09. The molecule has 2 aromatic heterocycles. The van der Waals surface area contributed by atoms with Crippen LogP contribution >= 0.6 is 0 Å². The van der Waals surface area contributed by atoms with E-state index >= 15 is 0 Å². The third kappa shape index (κ3) is 1.97. The molecule has 22 heavy (non-hydrogen) atoms. The van der Waals surface area contributed by atoms with Crippen molar-refractivity contribution in [2.75, 3.05) is 0 Å². The van der Waals surface area contributed by atoms with E-state index in [0.717, 1.165) is 28.7 Å². The molecule has 4 rings (SSSR count). The maximum Gasteiger partial charge on any atom is 0.160 e.